The maximum Gasteiger partial charge on any atom is 0.330 e. The number of nitrogens with zero attached hydrogens (tertiary/aromatic N) is 2. The first-order valence-electron chi connectivity index (χ1n) is 9.62. The van der Waals surface area contributed by atoms with Gasteiger partial charge in [-0.2, -0.15) is 0 Å². The molecule has 5 atom stereocenters. The van der Waals surface area contributed by atoms with Gasteiger partial charge < -0.3 is 19.7 Å². The molecule has 27 heavy (non-hydrogen) atoms. The Morgan fingerprint density at radius 2 is 2.19 bits per heavy atom. The lowest BCUT2D eigenvalue weighted by Crippen LogP contribution is -2.40. The first kappa shape index (κ1) is 19.8. The molecule has 2 heterocycles. The van der Waals surface area contributed by atoms with Gasteiger partial charge in [-0.1, -0.05) is 13.8 Å². The smallest absolute Gasteiger partial charge is 0.330 e. The third kappa shape index (κ3) is 5.27. The lowest BCUT2D eigenvalue weighted by Gasteiger charge is -2.23. The molecule has 152 valence electrons. The number of nitrogens with one attached hydrogen (secondary N) is 2. The Morgan fingerprint density at radius 3 is 2.81 bits per heavy atom. The molecule has 2 rings (SSSR count). The van der Waals surface area contributed by atoms with Gasteiger partial charge in [0.15, 0.2) is 6.23 Å². The number of ether oxygens (including phenoxy) is 2. The molecule has 1 saturated heterocycles. The van der Waals surface area contributed by atoms with Gasteiger partial charge in [0, 0.05) is 32.1 Å². The number of H-pyrrole nitrogens is 1. The second-order valence-electron chi connectivity index (χ2n) is 7.09. The van der Waals surface area contributed by atoms with Crippen LogP contribution in [0.25, 0.3) is 0 Å². The Labute approximate surface area is 160 Å². The third-order valence-corrected chi connectivity index (χ3v) is 4.65. The summed E-state index contributed by atoms with van der Waals surface area (Å²) < 4.78 is 21.0. The number of rotatable bonds is 8. The second kappa shape index (κ2) is 9.29. The van der Waals surface area contributed by atoms with Crippen molar-refractivity contribution < 1.29 is 15.6 Å². The number of aryl methyl sites for hydroxylation is 1. The fourth-order valence-corrected chi connectivity index (χ4v) is 3.07. The van der Waals surface area contributed by atoms with Gasteiger partial charge in [0.05, 0.1) is 6.10 Å². The first-order chi connectivity index (χ1) is 13.1. The molecule has 1 aromatic rings. The molecule has 0 unspecified atom stereocenters. The van der Waals surface area contributed by atoms with Gasteiger partial charge in [0.25, 0.3) is 5.56 Å². The van der Waals surface area contributed by atoms with E-state index >= 15 is 0 Å². The molecule has 9 heteroatoms. The highest BCUT2D eigenvalue weighted by Gasteiger charge is 2.43. The molecule has 0 saturated carbocycles. The van der Waals surface area contributed by atoms with Crippen LogP contribution >= 0.6 is 0 Å². The summed E-state index contributed by atoms with van der Waals surface area (Å²) in [6.45, 7) is 6.19. The summed E-state index contributed by atoms with van der Waals surface area (Å²) in [5, 5.41) is 2.77. The van der Waals surface area contributed by atoms with Crippen LogP contribution in [0.4, 0.5) is 0 Å². The Kier molecular flexibility index (Phi) is 6.81. The molecule has 2 N–H and O–H groups in total. The molecule has 9 nitrogen and oxygen atoms in total. The third-order valence-electron chi connectivity index (χ3n) is 4.65. The average molecular weight is 383 g/mol. The van der Waals surface area contributed by atoms with Crippen molar-refractivity contribution in [3.05, 3.63) is 32.6 Å². The number of hydrogen-bond donors (Lipinski definition) is 2. The largest absolute Gasteiger partial charge is 0.363 e. The second-order valence-corrected chi connectivity index (χ2v) is 7.09. The van der Waals surface area contributed by atoms with E-state index in [1.54, 1.807) is 13.8 Å². The SMILES string of the molecule is [2H][C@H](C)[C@H]1O[C@@H](n2cc(C)c(=O)[nH]c2=O)[C@H](OCC(=O)NCCN(C)C)[C@@H]1C. The molecular weight excluding hydrogens is 352 g/mol. The molecule has 0 spiro atoms. The average Bonchev–Trinajstić information content (AvgIpc) is 2.92. The van der Waals surface area contributed by atoms with E-state index < -0.39 is 36.1 Å². The molecule has 1 aliphatic heterocycles. The number of aromatic amines is 1. The van der Waals surface area contributed by atoms with Gasteiger partial charge in [-0.25, -0.2) is 4.79 Å². The molecule has 1 aromatic heterocycles. The lowest BCUT2D eigenvalue weighted by atomic mass is 9.98. The number of carbonyl (C=O) groups excluding carboxylic acids is 1. The monoisotopic (exact) mass is 383 g/mol. The molecule has 1 aliphatic rings. The van der Waals surface area contributed by atoms with Crippen LogP contribution in [0, 0.1) is 12.8 Å². The highest BCUT2D eigenvalue weighted by atomic mass is 16.6. The van der Waals surface area contributed by atoms with Crippen molar-refractivity contribution in [2.24, 2.45) is 5.92 Å². The molecule has 1 fully saturated rings. The van der Waals surface area contributed by atoms with Crippen LogP contribution in [0.3, 0.4) is 0 Å². The summed E-state index contributed by atoms with van der Waals surface area (Å²) in [6.07, 6.45) is -1.03. The van der Waals surface area contributed by atoms with E-state index in [2.05, 4.69) is 10.3 Å². The lowest BCUT2D eigenvalue weighted by molar-refractivity contribution is -0.131. The number of aromatic nitrogens is 2. The molecule has 0 radical (unpaired) electrons. The molecule has 0 bridgehead atoms. The molecular formula is C18H30N4O5. The van der Waals surface area contributed by atoms with E-state index in [1.165, 1.54) is 10.8 Å². The Hall–Kier alpha value is -1.97. The molecule has 0 aliphatic carbocycles. The van der Waals surface area contributed by atoms with Crippen molar-refractivity contribution in [1.29, 1.82) is 0 Å². The van der Waals surface area contributed by atoms with Crippen LogP contribution < -0.4 is 16.6 Å². The Balaban J connectivity index is 2.16. The first-order valence-corrected chi connectivity index (χ1v) is 9.04. The highest BCUT2D eigenvalue weighted by Crippen LogP contribution is 2.36. The van der Waals surface area contributed by atoms with Crippen molar-refractivity contribution in [2.45, 2.75) is 45.6 Å². The summed E-state index contributed by atoms with van der Waals surface area (Å²) in [6, 6.07) is 0. The summed E-state index contributed by atoms with van der Waals surface area (Å²) in [5.74, 6) is -0.480. The van der Waals surface area contributed by atoms with Crippen LogP contribution in [-0.2, 0) is 14.3 Å². The van der Waals surface area contributed by atoms with Crippen LogP contribution in [0.5, 0.6) is 0 Å². The summed E-state index contributed by atoms with van der Waals surface area (Å²) >= 11 is 0. The minimum Gasteiger partial charge on any atom is -0.363 e. The van der Waals surface area contributed by atoms with Crippen molar-refractivity contribution >= 4 is 5.91 Å². The van der Waals surface area contributed by atoms with Crippen LogP contribution in [-0.4, -0.2) is 66.4 Å². The zero-order valence-electron chi connectivity index (χ0n) is 17.5. The van der Waals surface area contributed by atoms with E-state index in [0.29, 0.717) is 18.7 Å². The number of carbonyl (C=O) groups is 1. The van der Waals surface area contributed by atoms with Gasteiger partial charge in [-0.05, 0) is 27.4 Å². The zero-order valence-corrected chi connectivity index (χ0v) is 16.5. The van der Waals surface area contributed by atoms with Crippen LogP contribution in [0.2, 0.25) is 0 Å². The predicted molar refractivity (Wildman–Crippen MR) is 101 cm³/mol. The summed E-state index contributed by atoms with van der Waals surface area (Å²) in [5.41, 5.74) is -0.719. The maximum absolute atomic E-state index is 12.3. The van der Waals surface area contributed by atoms with Crippen molar-refractivity contribution in [3.63, 3.8) is 0 Å². The summed E-state index contributed by atoms with van der Waals surface area (Å²) in [4.78, 5) is 40.2. The quantitative estimate of drug-likeness (QED) is 0.647. The minimum atomic E-state index is -0.828. The fourth-order valence-electron chi connectivity index (χ4n) is 3.07. The predicted octanol–water partition coefficient (Wildman–Crippen LogP) is -0.148. The highest BCUT2D eigenvalue weighted by molar-refractivity contribution is 5.77. The fraction of sp³-hybridized carbons (Fsp3) is 0.722. The van der Waals surface area contributed by atoms with Gasteiger partial charge in [-0.15, -0.1) is 0 Å². The van der Waals surface area contributed by atoms with Gasteiger partial charge >= 0.3 is 5.69 Å². The van der Waals surface area contributed by atoms with E-state index in [4.69, 9.17) is 10.8 Å². The van der Waals surface area contributed by atoms with E-state index in [0.717, 1.165) is 0 Å². The molecule has 1 amide bonds. The van der Waals surface area contributed by atoms with Crippen molar-refractivity contribution in [1.82, 2.24) is 19.8 Å². The van der Waals surface area contributed by atoms with Gasteiger partial charge in [-0.3, -0.25) is 19.1 Å². The maximum atomic E-state index is 12.3. The number of amides is 1. The standard InChI is InChI=1S/C18H30N4O5/c1-6-13-12(3)15(26-10-14(23)19-7-8-21(4)5)17(27-13)22-9-11(2)16(24)20-18(22)25/h9,12-13,15,17H,6-8,10H2,1-5H3,(H,19,23)(H,20,24,25)/t12-,13-,15-,17-/m1/s1/i6D/t6-,12-,13-,15-,17-. The summed E-state index contributed by atoms with van der Waals surface area (Å²) in [7, 11) is 3.83. The van der Waals surface area contributed by atoms with E-state index in [-0.39, 0.29) is 18.4 Å². The van der Waals surface area contributed by atoms with Crippen molar-refractivity contribution in [2.75, 3.05) is 33.8 Å². The van der Waals surface area contributed by atoms with Crippen LogP contribution in [0.15, 0.2) is 15.8 Å². The van der Waals surface area contributed by atoms with Gasteiger partial charge in [0.2, 0.25) is 5.91 Å². The van der Waals surface area contributed by atoms with E-state index in [1.807, 2.05) is 25.9 Å². The van der Waals surface area contributed by atoms with E-state index in [9.17, 15) is 14.4 Å². The normalized spacial score (nSPS) is 26.8. The Morgan fingerprint density at radius 1 is 1.48 bits per heavy atom. The number of hydrogen-bond acceptors (Lipinski definition) is 6. The minimum absolute atomic E-state index is 0.182. The zero-order chi connectivity index (χ0) is 21.0. The topological polar surface area (TPSA) is 106 Å². The number of likely N-dealkylation sites (N-methyl/N-ethyl adjacent to an activating group) is 1. The van der Waals surface area contributed by atoms with Gasteiger partial charge in [0.1, 0.15) is 12.7 Å². The molecule has 0 aromatic carbocycles. The Bertz CT molecular complexity index is 791. The van der Waals surface area contributed by atoms with Crippen LogP contribution in [0.1, 0.15) is 33.4 Å². The van der Waals surface area contributed by atoms with Crippen molar-refractivity contribution in [3.8, 4) is 0 Å².